The van der Waals surface area contributed by atoms with Crippen LogP contribution in [-0.4, -0.2) is 26.3 Å². The summed E-state index contributed by atoms with van der Waals surface area (Å²) in [5.41, 5.74) is 0.362. The smallest absolute Gasteiger partial charge is 0.317 e. The van der Waals surface area contributed by atoms with E-state index >= 15 is 0 Å². The average Bonchev–Trinajstić information content (AvgIpc) is 2.95. The van der Waals surface area contributed by atoms with Crippen molar-refractivity contribution in [1.82, 2.24) is 9.97 Å². The summed E-state index contributed by atoms with van der Waals surface area (Å²) < 4.78 is 0. The number of rotatable bonds is 4. The third kappa shape index (κ3) is 2.63. The van der Waals surface area contributed by atoms with E-state index in [9.17, 15) is 9.59 Å². The molecule has 0 amide bonds. The van der Waals surface area contributed by atoms with Crippen molar-refractivity contribution in [3.8, 4) is 0 Å². The number of aromatic nitrogens is 2. The second-order valence-corrected chi connectivity index (χ2v) is 5.04. The van der Waals surface area contributed by atoms with E-state index in [4.69, 9.17) is 5.11 Å². The maximum atomic E-state index is 11.2. The van der Waals surface area contributed by atoms with E-state index in [-0.39, 0.29) is 11.5 Å². The fourth-order valence-corrected chi connectivity index (χ4v) is 2.64. The number of nitrogens with zero attached hydrogens (tertiary/aromatic N) is 1. The molecule has 2 N–H and O–H groups in total. The van der Waals surface area contributed by atoms with Gasteiger partial charge in [-0.1, -0.05) is 11.8 Å². The number of hydrogen-bond acceptors (Lipinski definition) is 4. The third-order valence-electron chi connectivity index (χ3n) is 2.38. The van der Waals surface area contributed by atoms with Crippen molar-refractivity contribution in [2.45, 2.75) is 30.2 Å². The lowest BCUT2D eigenvalue weighted by atomic mass is 10.3. The third-order valence-corrected chi connectivity index (χ3v) is 3.64. The average molecular weight is 240 g/mol. The zero-order valence-corrected chi connectivity index (χ0v) is 9.58. The number of nitrogens with one attached hydrogen (secondary N) is 1. The highest BCUT2D eigenvalue weighted by molar-refractivity contribution is 8.00. The van der Waals surface area contributed by atoms with Gasteiger partial charge in [-0.2, -0.15) is 0 Å². The van der Waals surface area contributed by atoms with Crippen LogP contribution in [0.2, 0.25) is 0 Å². The summed E-state index contributed by atoms with van der Waals surface area (Å²) in [5.74, 6) is -0.620. The molecule has 1 aliphatic rings. The van der Waals surface area contributed by atoms with Crippen LogP contribution in [0.15, 0.2) is 16.0 Å². The molecule has 1 unspecified atom stereocenters. The van der Waals surface area contributed by atoms with Crippen LogP contribution in [-0.2, 0) is 4.79 Å². The first-order valence-corrected chi connectivity index (χ1v) is 5.91. The molecule has 16 heavy (non-hydrogen) atoms. The van der Waals surface area contributed by atoms with E-state index < -0.39 is 11.2 Å². The molecule has 6 heteroatoms. The molecule has 2 rings (SSSR count). The van der Waals surface area contributed by atoms with Crippen LogP contribution in [0.4, 0.5) is 0 Å². The van der Waals surface area contributed by atoms with Gasteiger partial charge in [-0.25, -0.2) is 4.98 Å². The highest BCUT2D eigenvalue weighted by atomic mass is 32.2. The van der Waals surface area contributed by atoms with E-state index in [1.165, 1.54) is 6.07 Å². The summed E-state index contributed by atoms with van der Waals surface area (Å²) in [6, 6.07) is 1.39. The highest BCUT2D eigenvalue weighted by Crippen LogP contribution is 2.40. The number of aryl methyl sites for hydroxylation is 1. The Morgan fingerprint density at radius 1 is 1.69 bits per heavy atom. The van der Waals surface area contributed by atoms with Crippen LogP contribution < -0.4 is 5.56 Å². The SMILES string of the molecule is Cc1cc(=O)[nH]c(SC(C(=O)O)C2CC2)n1. The van der Waals surface area contributed by atoms with E-state index in [2.05, 4.69) is 9.97 Å². The van der Waals surface area contributed by atoms with Crippen LogP contribution in [0.5, 0.6) is 0 Å². The van der Waals surface area contributed by atoms with Gasteiger partial charge < -0.3 is 10.1 Å². The topological polar surface area (TPSA) is 83.0 Å². The maximum Gasteiger partial charge on any atom is 0.317 e. The number of thioether (sulfide) groups is 1. The summed E-state index contributed by atoms with van der Waals surface area (Å²) in [4.78, 5) is 28.9. The zero-order valence-electron chi connectivity index (χ0n) is 8.77. The second-order valence-electron chi connectivity index (χ2n) is 3.91. The number of H-pyrrole nitrogens is 1. The zero-order chi connectivity index (χ0) is 11.7. The van der Waals surface area contributed by atoms with Crippen LogP contribution in [0, 0.1) is 12.8 Å². The minimum absolute atomic E-state index is 0.216. The standard InChI is InChI=1S/C10H12N2O3S/c1-5-4-7(13)12-10(11-5)16-8(9(14)15)6-2-3-6/h4,6,8H,2-3H2,1H3,(H,14,15)(H,11,12,13). The molecule has 1 saturated carbocycles. The summed E-state index contributed by atoms with van der Waals surface area (Å²) in [6.45, 7) is 1.71. The predicted octanol–water partition coefficient (Wildman–Crippen LogP) is 1.03. The first-order chi connectivity index (χ1) is 7.56. The molecule has 5 nitrogen and oxygen atoms in total. The van der Waals surface area contributed by atoms with Crippen LogP contribution in [0.3, 0.4) is 0 Å². The van der Waals surface area contributed by atoms with Crippen molar-refractivity contribution in [3.05, 3.63) is 22.1 Å². The van der Waals surface area contributed by atoms with Crippen molar-refractivity contribution in [3.63, 3.8) is 0 Å². The van der Waals surface area contributed by atoms with Gasteiger partial charge in [-0.3, -0.25) is 9.59 Å². The van der Waals surface area contributed by atoms with Gasteiger partial charge in [-0.15, -0.1) is 0 Å². The molecule has 1 fully saturated rings. The molecule has 0 saturated heterocycles. The molecule has 1 aromatic heterocycles. The Morgan fingerprint density at radius 2 is 2.38 bits per heavy atom. The summed E-state index contributed by atoms with van der Waals surface area (Å²) in [6.07, 6.45) is 1.89. The molecular formula is C10H12N2O3S. The number of hydrogen-bond donors (Lipinski definition) is 2. The quantitative estimate of drug-likeness (QED) is 0.606. The lowest BCUT2D eigenvalue weighted by Gasteiger charge is -2.09. The molecule has 0 aromatic carbocycles. The normalized spacial score (nSPS) is 17.1. The number of aromatic amines is 1. The largest absolute Gasteiger partial charge is 0.480 e. The lowest BCUT2D eigenvalue weighted by molar-refractivity contribution is -0.136. The number of carboxylic acid groups (broad SMARTS) is 1. The van der Waals surface area contributed by atoms with E-state index in [1.54, 1.807) is 6.92 Å². The van der Waals surface area contributed by atoms with Crippen LogP contribution in [0.1, 0.15) is 18.5 Å². The van der Waals surface area contributed by atoms with Crippen molar-refractivity contribution >= 4 is 17.7 Å². The minimum atomic E-state index is -0.836. The molecule has 0 radical (unpaired) electrons. The number of aliphatic carboxylic acids is 1. The first-order valence-electron chi connectivity index (χ1n) is 5.03. The molecule has 1 aliphatic carbocycles. The second kappa shape index (κ2) is 4.29. The molecule has 0 spiro atoms. The van der Waals surface area contributed by atoms with Gasteiger partial charge in [0.05, 0.1) is 0 Å². The number of carbonyl (C=O) groups is 1. The van der Waals surface area contributed by atoms with Gasteiger partial charge in [-0.05, 0) is 25.7 Å². The highest BCUT2D eigenvalue weighted by Gasteiger charge is 2.37. The van der Waals surface area contributed by atoms with Gasteiger partial charge in [0, 0.05) is 11.8 Å². The monoisotopic (exact) mass is 240 g/mol. The van der Waals surface area contributed by atoms with Gasteiger partial charge in [0.2, 0.25) is 0 Å². The van der Waals surface area contributed by atoms with E-state index in [1.807, 2.05) is 0 Å². The number of carboxylic acids is 1. The van der Waals surface area contributed by atoms with Gasteiger partial charge >= 0.3 is 5.97 Å². The molecule has 0 aliphatic heterocycles. The van der Waals surface area contributed by atoms with Gasteiger partial charge in [0.15, 0.2) is 5.16 Å². The minimum Gasteiger partial charge on any atom is -0.480 e. The molecular weight excluding hydrogens is 228 g/mol. The fourth-order valence-electron chi connectivity index (χ4n) is 1.47. The van der Waals surface area contributed by atoms with Crippen molar-refractivity contribution in [2.24, 2.45) is 5.92 Å². The van der Waals surface area contributed by atoms with Crippen molar-refractivity contribution in [2.75, 3.05) is 0 Å². The Hall–Kier alpha value is -1.30. The Morgan fingerprint density at radius 3 is 2.88 bits per heavy atom. The summed E-state index contributed by atoms with van der Waals surface area (Å²) in [7, 11) is 0. The van der Waals surface area contributed by atoms with Gasteiger partial charge in [0.1, 0.15) is 5.25 Å². The lowest BCUT2D eigenvalue weighted by Crippen LogP contribution is -2.20. The predicted molar refractivity (Wildman–Crippen MR) is 59.6 cm³/mol. The Bertz CT molecular complexity index is 467. The summed E-state index contributed by atoms with van der Waals surface area (Å²) >= 11 is 1.13. The van der Waals surface area contributed by atoms with Crippen molar-refractivity contribution < 1.29 is 9.90 Å². The van der Waals surface area contributed by atoms with Gasteiger partial charge in [0.25, 0.3) is 5.56 Å². The maximum absolute atomic E-state index is 11.2. The van der Waals surface area contributed by atoms with E-state index in [0.29, 0.717) is 10.9 Å². The Balaban J connectivity index is 2.18. The van der Waals surface area contributed by atoms with E-state index in [0.717, 1.165) is 24.6 Å². The van der Waals surface area contributed by atoms with Crippen molar-refractivity contribution in [1.29, 1.82) is 0 Å². The molecule has 1 aromatic rings. The van der Waals surface area contributed by atoms with Crippen LogP contribution >= 0.6 is 11.8 Å². The Labute approximate surface area is 96.3 Å². The molecule has 86 valence electrons. The fraction of sp³-hybridized carbons (Fsp3) is 0.500. The van der Waals surface area contributed by atoms with Crippen LogP contribution in [0.25, 0.3) is 0 Å². The molecule has 1 heterocycles. The first kappa shape index (κ1) is 11.2. The summed E-state index contributed by atoms with van der Waals surface area (Å²) in [5, 5.41) is 8.94. The Kier molecular flexibility index (Phi) is 3.00. The molecule has 0 bridgehead atoms. The molecule has 1 atom stereocenters.